The van der Waals surface area contributed by atoms with Gasteiger partial charge in [-0.15, -0.1) is 5.10 Å². The van der Waals surface area contributed by atoms with Gasteiger partial charge in [-0.25, -0.2) is 0 Å². The van der Waals surface area contributed by atoms with Gasteiger partial charge in [0.25, 0.3) is 0 Å². The fraction of sp³-hybridized carbons (Fsp3) is 0. The molecule has 0 fully saturated rings. The van der Waals surface area contributed by atoms with Gasteiger partial charge in [0.15, 0.2) is 0 Å². The Morgan fingerprint density at radius 1 is 1.21 bits per heavy atom. The number of phenolic OH excluding ortho intramolecular Hbond substituents is 1. The van der Waals surface area contributed by atoms with Gasteiger partial charge >= 0.3 is 0 Å². The summed E-state index contributed by atoms with van der Waals surface area (Å²) in [7, 11) is 0. The first-order chi connectivity index (χ1) is 6.86. The zero-order chi connectivity index (χ0) is 9.80. The van der Waals surface area contributed by atoms with Crippen molar-refractivity contribution in [3.63, 3.8) is 0 Å². The van der Waals surface area contributed by atoms with Crippen LogP contribution < -0.4 is 0 Å². The van der Waals surface area contributed by atoms with Crippen LogP contribution in [-0.2, 0) is 0 Å². The lowest BCUT2D eigenvalue weighted by molar-refractivity contribution is 0.474. The van der Waals surface area contributed by atoms with Crippen molar-refractivity contribution < 1.29 is 5.11 Å². The minimum Gasteiger partial charge on any atom is -0.507 e. The Morgan fingerprint density at radius 3 is 2.79 bits per heavy atom. The average molecular weight is 204 g/mol. The maximum atomic E-state index is 9.45. The normalized spacial score (nSPS) is 10.9. The van der Waals surface area contributed by atoms with E-state index >= 15 is 0 Å². The van der Waals surface area contributed by atoms with Crippen molar-refractivity contribution in [2.75, 3.05) is 0 Å². The molecule has 0 amide bonds. The highest BCUT2D eigenvalue weighted by Gasteiger charge is 1.94. The molecule has 0 aliphatic heterocycles. The van der Waals surface area contributed by atoms with Crippen LogP contribution in [-0.4, -0.2) is 14.7 Å². The first-order valence-electron chi connectivity index (χ1n) is 4.09. The number of para-hydroxylation sites is 1. The second-order valence-corrected chi connectivity index (χ2v) is 3.33. The van der Waals surface area contributed by atoms with Crippen LogP contribution >= 0.6 is 11.5 Å². The van der Waals surface area contributed by atoms with E-state index in [1.54, 1.807) is 12.1 Å². The third-order valence-electron chi connectivity index (χ3n) is 1.75. The van der Waals surface area contributed by atoms with Gasteiger partial charge in [-0.05, 0) is 29.8 Å². The average Bonchev–Trinajstić information content (AvgIpc) is 2.69. The lowest BCUT2D eigenvalue weighted by Gasteiger charge is -1.95. The van der Waals surface area contributed by atoms with Crippen LogP contribution in [0.1, 0.15) is 11.3 Å². The zero-order valence-corrected chi connectivity index (χ0v) is 8.11. The van der Waals surface area contributed by atoms with Crippen LogP contribution in [0, 0.1) is 0 Å². The van der Waals surface area contributed by atoms with E-state index in [9.17, 15) is 5.11 Å². The van der Waals surface area contributed by atoms with Crippen molar-refractivity contribution >= 4 is 23.7 Å². The standard InChI is InChI=1S/C10H8N2OS/c13-10-4-2-1-3-8(10)5-6-9-7-14-12-11-9/h1-7,13H/b6-5-. The third-order valence-corrected chi connectivity index (χ3v) is 2.27. The SMILES string of the molecule is Oc1ccccc1/C=C\c1csnn1. The van der Waals surface area contributed by atoms with Gasteiger partial charge in [0.2, 0.25) is 0 Å². The number of nitrogens with zero attached hydrogens (tertiary/aromatic N) is 2. The summed E-state index contributed by atoms with van der Waals surface area (Å²) in [5.41, 5.74) is 1.58. The van der Waals surface area contributed by atoms with Crippen molar-refractivity contribution in [3.05, 3.63) is 40.9 Å². The predicted octanol–water partition coefficient (Wildman–Crippen LogP) is 2.41. The summed E-state index contributed by atoms with van der Waals surface area (Å²) in [5.74, 6) is 0.270. The number of phenols is 1. The summed E-state index contributed by atoms with van der Waals surface area (Å²) in [6.45, 7) is 0. The maximum Gasteiger partial charge on any atom is 0.122 e. The Morgan fingerprint density at radius 2 is 2.07 bits per heavy atom. The fourth-order valence-electron chi connectivity index (χ4n) is 1.05. The molecule has 0 saturated carbocycles. The van der Waals surface area contributed by atoms with Crippen LogP contribution in [0.25, 0.3) is 12.2 Å². The summed E-state index contributed by atoms with van der Waals surface area (Å²) in [4.78, 5) is 0. The van der Waals surface area contributed by atoms with E-state index in [-0.39, 0.29) is 5.75 Å². The molecule has 2 aromatic rings. The van der Waals surface area contributed by atoms with Gasteiger partial charge < -0.3 is 5.11 Å². The lowest BCUT2D eigenvalue weighted by Crippen LogP contribution is -1.74. The van der Waals surface area contributed by atoms with Crippen molar-refractivity contribution in [2.24, 2.45) is 0 Å². The van der Waals surface area contributed by atoms with Crippen LogP contribution in [0.2, 0.25) is 0 Å². The topological polar surface area (TPSA) is 46.0 Å². The van der Waals surface area contributed by atoms with Crippen LogP contribution in [0.4, 0.5) is 0 Å². The minimum absolute atomic E-state index is 0.270. The first kappa shape index (κ1) is 8.90. The summed E-state index contributed by atoms with van der Waals surface area (Å²) >= 11 is 1.30. The van der Waals surface area contributed by atoms with Crippen molar-refractivity contribution in [3.8, 4) is 5.75 Å². The molecule has 0 atom stereocenters. The van der Waals surface area contributed by atoms with Gasteiger partial charge in [-0.2, -0.15) is 0 Å². The minimum atomic E-state index is 0.270. The molecule has 0 unspecified atom stereocenters. The molecule has 70 valence electrons. The number of aromatic nitrogens is 2. The summed E-state index contributed by atoms with van der Waals surface area (Å²) in [6.07, 6.45) is 3.63. The Bertz CT molecular complexity index is 437. The summed E-state index contributed by atoms with van der Waals surface area (Å²) < 4.78 is 3.73. The highest BCUT2D eigenvalue weighted by Crippen LogP contribution is 2.18. The molecular formula is C10H8N2OS. The molecule has 3 nitrogen and oxygen atoms in total. The van der Waals surface area contributed by atoms with E-state index in [0.717, 1.165) is 11.3 Å². The lowest BCUT2D eigenvalue weighted by atomic mass is 10.2. The second-order valence-electron chi connectivity index (χ2n) is 2.72. The largest absolute Gasteiger partial charge is 0.507 e. The molecule has 2 rings (SSSR count). The highest BCUT2D eigenvalue weighted by atomic mass is 32.1. The van der Waals surface area contributed by atoms with Crippen LogP contribution in [0.3, 0.4) is 0 Å². The molecule has 1 heterocycles. The fourth-order valence-corrected chi connectivity index (χ4v) is 1.47. The van der Waals surface area contributed by atoms with Crippen molar-refractivity contribution in [1.29, 1.82) is 0 Å². The maximum absolute atomic E-state index is 9.45. The highest BCUT2D eigenvalue weighted by molar-refractivity contribution is 7.03. The smallest absolute Gasteiger partial charge is 0.122 e. The second kappa shape index (κ2) is 4.02. The monoisotopic (exact) mass is 204 g/mol. The van der Waals surface area contributed by atoms with Crippen LogP contribution in [0.5, 0.6) is 5.75 Å². The van der Waals surface area contributed by atoms with Crippen molar-refractivity contribution in [1.82, 2.24) is 9.59 Å². The molecule has 0 aliphatic rings. The molecular weight excluding hydrogens is 196 g/mol. The molecule has 0 bridgehead atoms. The molecule has 0 spiro atoms. The number of benzene rings is 1. The van der Waals surface area contributed by atoms with Crippen molar-refractivity contribution in [2.45, 2.75) is 0 Å². The van der Waals surface area contributed by atoms with E-state index in [4.69, 9.17) is 0 Å². The first-order valence-corrected chi connectivity index (χ1v) is 4.93. The number of aromatic hydroxyl groups is 1. The predicted molar refractivity (Wildman–Crippen MR) is 56.9 cm³/mol. The van der Waals surface area contributed by atoms with Crippen LogP contribution in [0.15, 0.2) is 29.6 Å². The molecule has 1 aromatic carbocycles. The Kier molecular flexibility index (Phi) is 2.55. The van der Waals surface area contributed by atoms with Gasteiger partial charge in [-0.1, -0.05) is 22.7 Å². The Balaban J connectivity index is 2.23. The molecule has 0 radical (unpaired) electrons. The number of hydrogen-bond acceptors (Lipinski definition) is 4. The Hall–Kier alpha value is -1.68. The zero-order valence-electron chi connectivity index (χ0n) is 7.29. The number of rotatable bonds is 2. The van der Waals surface area contributed by atoms with E-state index in [1.165, 1.54) is 11.5 Å². The Labute approximate surface area is 85.5 Å². The van der Waals surface area contributed by atoms with E-state index in [1.807, 2.05) is 29.7 Å². The summed E-state index contributed by atoms with van der Waals surface area (Å²) in [6, 6.07) is 7.15. The molecule has 0 saturated heterocycles. The van der Waals surface area contributed by atoms with E-state index in [2.05, 4.69) is 9.59 Å². The molecule has 0 aliphatic carbocycles. The molecule has 4 heteroatoms. The summed E-state index contributed by atoms with van der Waals surface area (Å²) in [5, 5.41) is 15.2. The van der Waals surface area contributed by atoms with E-state index < -0.39 is 0 Å². The molecule has 1 aromatic heterocycles. The number of hydrogen-bond donors (Lipinski definition) is 1. The van der Waals surface area contributed by atoms with Gasteiger partial charge in [0.05, 0.1) is 5.69 Å². The van der Waals surface area contributed by atoms with Gasteiger partial charge in [0, 0.05) is 10.9 Å². The quantitative estimate of drug-likeness (QED) is 0.817. The third kappa shape index (κ3) is 1.97. The van der Waals surface area contributed by atoms with Gasteiger partial charge in [-0.3, -0.25) is 0 Å². The van der Waals surface area contributed by atoms with Gasteiger partial charge in [0.1, 0.15) is 5.75 Å². The molecule has 14 heavy (non-hydrogen) atoms. The van der Waals surface area contributed by atoms with E-state index in [0.29, 0.717) is 0 Å². The molecule has 1 N–H and O–H groups in total.